The van der Waals surface area contributed by atoms with E-state index in [1.165, 1.54) is 6.92 Å². The first-order chi connectivity index (χ1) is 8.08. The van der Waals surface area contributed by atoms with Crippen molar-refractivity contribution < 1.29 is 23.8 Å². The number of rotatable bonds is 4. The van der Waals surface area contributed by atoms with E-state index in [1.807, 2.05) is 0 Å². The van der Waals surface area contributed by atoms with Crippen molar-refractivity contribution in [3.8, 4) is 0 Å². The number of nitrogens with one attached hydrogen (secondary N) is 1. The van der Waals surface area contributed by atoms with Gasteiger partial charge < -0.3 is 25.3 Å². The van der Waals surface area contributed by atoms with E-state index < -0.39 is 5.91 Å². The van der Waals surface area contributed by atoms with Crippen LogP contribution in [0.3, 0.4) is 0 Å². The summed E-state index contributed by atoms with van der Waals surface area (Å²) < 4.78 is 16.3. The number of hydrogen-bond acceptors (Lipinski definition) is 5. The molecule has 17 heavy (non-hydrogen) atoms. The first-order valence-electron chi connectivity index (χ1n) is 5.48. The van der Waals surface area contributed by atoms with Gasteiger partial charge in [-0.2, -0.15) is 0 Å². The molecule has 0 aromatic rings. The molecule has 0 saturated carbocycles. The fourth-order valence-corrected chi connectivity index (χ4v) is 2.18. The number of primary amides is 1. The fourth-order valence-electron chi connectivity index (χ4n) is 2.18. The Labute approximate surface area is 98.6 Å². The molecule has 0 aromatic heterocycles. The summed E-state index contributed by atoms with van der Waals surface area (Å²) in [6.45, 7) is 2.04. The van der Waals surface area contributed by atoms with Crippen LogP contribution in [0.25, 0.3) is 0 Å². The van der Waals surface area contributed by atoms with Gasteiger partial charge in [0.05, 0.1) is 19.3 Å². The second kappa shape index (κ2) is 4.99. The van der Waals surface area contributed by atoms with E-state index in [-0.39, 0.29) is 36.9 Å². The van der Waals surface area contributed by atoms with Crippen molar-refractivity contribution >= 4 is 11.8 Å². The molecular formula is C10H16N2O5. The van der Waals surface area contributed by atoms with Crippen LogP contribution in [-0.2, 0) is 23.8 Å². The molecule has 2 fully saturated rings. The maximum Gasteiger partial charge on any atom is 0.243 e. The van der Waals surface area contributed by atoms with Gasteiger partial charge in [-0.15, -0.1) is 0 Å². The highest BCUT2D eigenvalue weighted by Crippen LogP contribution is 2.28. The lowest BCUT2D eigenvalue weighted by Crippen LogP contribution is -2.43. The normalized spacial score (nSPS) is 35.6. The lowest BCUT2D eigenvalue weighted by atomic mass is 10.1. The van der Waals surface area contributed by atoms with Gasteiger partial charge in [0.25, 0.3) is 0 Å². The van der Waals surface area contributed by atoms with Crippen LogP contribution in [0.2, 0.25) is 0 Å². The van der Waals surface area contributed by atoms with Gasteiger partial charge in [-0.1, -0.05) is 0 Å². The molecule has 0 spiro atoms. The molecule has 3 N–H and O–H groups in total. The van der Waals surface area contributed by atoms with Crippen molar-refractivity contribution in [2.24, 2.45) is 5.73 Å². The maximum atomic E-state index is 11.0. The molecular weight excluding hydrogens is 228 g/mol. The predicted octanol–water partition coefficient (Wildman–Crippen LogP) is -1.84. The van der Waals surface area contributed by atoms with Crippen LogP contribution in [0.1, 0.15) is 6.92 Å². The van der Waals surface area contributed by atoms with Crippen molar-refractivity contribution in [1.82, 2.24) is 5.32 Å². The second-order valence-electron chi connectivity index (χ2n) is 4.22. The van der Waals surface area contributed by atoms with Crippen molar-refractivity contribution in [2.75, 3.05) is 19.8 Å². The standard InChI is InChI=1S/C10H16N2O5/c1-5(13)12-6-2-16-10-7(3-17-9(6)10)15-4-8(11)14/h6-7,9-10H,2-4H2,1H3,(H2,11,14)(H,12,13). The Bertz CT molecular complexity index is 322. The average Bonchev–Trinajstić information content (AvgIpc) is 2.78. The lowest BCUT2D eigenvalue weighted by molar-refractivity contribution is -0.127. The number of carbonyl (C=O) groups is 2. The van der Waals surface area contributed by atoms with Gasteiger partial charge in [0.1, 0.15) is 24.9 Å². The third-order valence-corrected chi connectivity index (χ3v) is 2.84. The molecule has 2 heterocycles. The van der Waals surface area contributed by atoms with Gasteiger partial charge >= 0.3 is 0 Å². The zero-order valence-electron chi connectivity index (χ0n) is 9.55. The molecule has 2 aliphatic heterocycles. The molecule has 2 rings (SSSR count). The van der Waals surface area contributed by atoms with Crippen LogP contribution in [0.15, 0.2) is 0 Å². The van der Waals surface area contributed by atoms with E-state index >= 15 is 0 Å². The summed E-state index contributed by atoms with van der Waals surface area (Å²) in [5.41, 5.74) is 5.00. The highest BCUT2D eigenvalue weighted by Gasteiger charge is 2.48. The Morgan fingerprint density at radius 1 is 1.35 bits per heavy atom. The summed E-state index contributed by atoms with van der Waals surface area (Å²) in [5.74, 6) is -0.644. The smallest absolute Gasteiger partial charge is 0.243 e. The van der Waals surface area contributed by atoms with E-state index in [0.29, 0.717) is 13.2 Å². The minimum Gasteiger partial charge on any atom is -0.370 e. The van der Waals surface area contributed by atoms with Crippen molar-refractivity contribution in [3.05, 3.63) is 0 Å². The minimum absolute atomic E-state index is 0.121. The summed E-state index contributed by atoms with van der Waals surface area (Å²) in [7, 11) is 0. The third kappa shape index (κ3) is 2.74. The van der Waals surface area contributed by atoms with Gasteiger partial charge in [-0.25, -0.2) is 0 Å². The first kappa shape index (κ1) is 12.3. The van der Waals surface area contributed by atoms with Crippen molar-refractivity contribution in [3.63, 3.8) is 0 Å². The van der Waals surface area contributed by atoms with E-state index in [4.69, 9.17) is 19.9 Å². The Balaban J connectivity index is 1.88. The molecule has 2 aliphatic rings. The van der Waals surface area contributed by atoms with Crippen LogP contribution in [-0.4, -0.2) is 56.0 Å². The summed E-state index contributed by atoms with van der Waals surface area (Å²) >= 11 is 0. The quantitative estimate of drug-likeness (QED) is 0.605. The summed E-state index contributed by atoms with van der Waals surface area (Å²) in [6.07, 6.45) is -0.755. The van der Waals surface area contributed by atoms with Gasteiger partial charge in [0, 0.05) is 6.92 Å². The summed E-state index contributed by atoms with van der Waals surface area (Å²) in [6, 6.07) is -0.153. The van der Waals surface area contributed by atoms with Gasteiger partial charge in [0.15, 0.2) is 0 Å². The number of hydrogen-bond donors (Lipinski definition) is 2. The molecule has 2 saturated heterocycles. The Morgan fingerprint density at radius 2 is 2.06 bits per heavy atom. The number of carbonyl (C=O) groups excluding carboxylic acids is 2. The molecule has 4 unspecified atom stereocenters. The second-order valence-corrected chi connectivity index (χ2v) is 4.22. The monoisotopic (exact) mass is 244 g/mol. The molecule has 96 valence electrons. The van der Waals surface area contributed by atoms with E-state index in [1.54, 1.807) is 0 Å². The summed E-state index contributed by atoms with van der Waals surface area (Å²) in [4.78, 5) is 21.6. The number of fused-ring (bicyclic) bond motifs is 1. The highest BCUT2D eigenvalue weighted by atomic mass is 16.6. The Hall–Kier alpha value is -1.18. The maximum absolute atomic E-state index is 11.0. The van der Waals surface area contributed by atoms with E-state index in [2.05, 4.69) is 5.32 Å². The Morgan fingerprint density at radius 3 is 2.71 bits per heavy atom. The molecule has 4 atom stereocenters. The topological polar surface area (TPSA) is 99.9 Å². The van der Waals surface area contributed by atoms with E-state index in [9.17, 15) is 9.59 Å². The molecule has 7 nitrogen and oxygen atoms in total. The largest absolute Gasteiger partial charge is 0.370 e. The van der Waals surface area contributed by atoms with Crippen LogP contribution < -0.4 is 11.1 Å². The molecule has 0 aromatic carbocycles. The minimum atomic E-state index is -0.523. The van der Waals surface area contributed by atoms with Crippen molar-refractivity contribution in [1.29, 1.82) is 0 Å². The molecule has 0 bridgehead atoms. The zero-order chi connectivity index (χ0) is 12.4. The van der Waals surface area contributed by atoms with Gasteiger partial charge in [-0.05, 0) is 0 Å². The van der Waals surface area contributed by atoms with Crippen LogP contribution in [0.4, 0.5) is 0 Å². The number of amides is 2. The Kier molecular flexibility index (Phi) is 3.60. The zero-order valence-corrected chi connectivity index (χ0v) is 9.55. The van der Waals surface area contributed by atoms with E-state index in [0.717, 1.165) is 0 Å². The molecule has 0 radical (unpaired) electrons. The number of ether oxygens (including phenoxy) is 3. The van der Waals surface area contributed by atoms with Gasteiger partial charge in [0.2, 0.25) is 11.8 Å². The fraction of sp³-hybridized carbons (Fsp3) is 0.800. The summed E-state index contributed by atoms with van der Waals surface area (Å²) in [5, 5.41) is 2.76. The molecule has 7 heteroatoms. The van der Waals surface area contributed by atoms with Crippen molar-refractivity contribution in [2.45, 2.75) is 31.3 Å². The van der Waals surface area contributed by atoms with Crippen LogP contribution in [0, 0.1) is 0 Å². The third-order valence-electron chi connectivity index (χ3n) is 2.84. The lowest BCUT2D eigenvalue weighted by Gasteiger charge is -2.16. The van der Waals surface area contributed by atoms with Gasteiger partial charge in [-0.3, -0.25) is 9.59 Å². The molecule has 2 amide bonds. The first-order valence-corrected chi connectivity index (χ1v) is 5.48. The van der Waals surface area contributed by atoms with Crippen LogP contribution >= 0.6 is 0 Å². The predicted molar refractivity (Wildman–Crippen MR) is 56.0 cm³/mol. The highest BCUT2D eigenvalue weighted by molar-refractivity contribution is 5.75. The SMILES string of the molecule is CC(=O)NC1COC2C(OCC(N)=O)COC12. The molecule has 0 aliphatic carbocycles. The van der Waals surface area contributed by atoms with Crippen LogP contribution in [0.5, 0.6) is 0 Å². The average molecular weight is 244 g/mol. The number of nitrogens with two attached hydrogens (primary N) is 1.